The molecule has 0 bridgehead atoms. The molecule has 0 aliphatic carbocycles. The molecule has 122 valence electrons. The summed E-state index contributed by atoms with van der Waals surface area (Å²) in [5, 5.41) is 10.1. The molecule has 2 nitrogen and oxygen atoms in total. The summed E-state index contributed by atoms with van der Waals surface area (Å²) in [5.41, 5.74) is 3.15. The van der Waals surface area contributed by atoms with Crippen molar-refractivity contribution in [2.24, 2.45) is 0 Å². The molecule has 0 unspecified atom stereocenters. The first-order valence-electron chi connectivity index (χ1n) is 7.90. The van der Waals surface area contributed by atoms with Crippen molar-refractivity contribution in [3.05, 3.63) is 101 Å². The average molecular weight is 346 g/mol. The summed E-state index contributed by atoms with van der Waals surface area (Å²) >= 11 is 6.22. The summed E-state index contributed by atoms with van der Waals surface area (Å²) in [5.74, 6) is 0.728. The number of halogens is 1. The number of allylic oxidation sites excluding steroid dienone is 1. The van der Waals surface area contributed by atoms with E-state index in [0.29, 0.717) is 22.8 Å². The van der Waals surface area contributed by atoms with Gasteiger partial charge in [-0.15, -0.1) is 0 Å². The molecule has 0 saturated heterocycles. The molecule has 0 N–H and O–H groups in total. The van der Waals surface area contributed by atoms with Gasteiger partial charge >= 0.3 is 0 Å². The number of para-hydroxylation sites is 1. The molecule has 0 atom stereocenters. The summed E-state index contributed by atoms with van der Waals surface area (Å²) < 4.78 is 5.95. The van der Waals surface area contributed by atoms with Crippen molar-refractivity contribution in [2.45, 2.75) is 6.61 Å². The fourth-order valence-corrected chi connectivity index (χ4v) is 2.71. The van der Waals surface area contributed by atoms with Crippen LogP contribution >= 0.6 is 11.6 Å². The molecular formula is C22H16ClNO. The minimum atomic E-state index is 0.472. The Morgan fingerprint density at radius 2 is 1.60 bits per heavy atom. The molecule has 0 heterocycles. The van der Waals surface area contributed by atoms with E-state index >= 15 is 0 Å². The summed E-state index contributed by atoms with van der Waals surface area (Å²) in [6.45, 7) is 0.472. The van der Waals surface area contributed by atoms with Gasteiger partial charge in [-0.25, -0.2) is 0 Å². The molecule has 0 aliphatic heterocycles. The van der Waals surface area contributed by atoms with Crippen LogP contribution in [0.1, 0.15) is 16.7 Å². The van der Waals surface area contributed by atoms with Gasteiger partial charge in [0.15, 0.2) is 0 Å². The van der Waals surface area contributed by atoms with Crippen LogP contribution in [0.4, 0.5) is 0 Å². The van der Waals surface area contributed by atoms with E-state index in [1.165, 1.54) is 0 Å². The van der Waals surface area contributed by atoms with Crippen LogP contribution in [0.2, 0.25) is 5.02 Å². The second-order valence-corrected chi connectivity index (χ2v) is 5.87. The number of benzene rings is 3. The highest BCUT2D eigenvalue weighted by Gasteiger charge is 2.08. The van der Waals surface area contributed by atoms with Crippen LogP contribution in [0, 0.1) is 11.3 Å². The van der Waals surface area contributed by atoms with Gasteiger partial charge in [-0.3, -0.25) is 0 Å². The molecule has 3 heteroatoms. The highest BCUT2D eigenvalue weighted by atomic mass is 35.5. The van der Waals surface area contributed by atoms with Crippen LogP contribution in [0.15, 0.2) is 78.9 Å². The second kappa shape index (κ2) is 8.19. The van der Waals surface area contributed by atoms with Gasteiger partial charge in [-0.2, -0.15) is 5.26 Å². The lowest BCUT2D eigenvalue weighted by Gasteiger charge is -2.10. The molecule has 3 aromatic rings. The van der Waals surface area contributed by atoms with Gasteiger partial charge in [-0.1, -0.05) is 78.3 Å². The summed E-state index contributed by atoms with van der Waals surface area (Å²) in [6, 6.07) is 27.2. The van der Waals surface area contributed by atoms with Crippen LogP contribution in [-0.4, -0.2) is 0 Å². The molecule has 0 radical (unpaired) electrons. The van der Waals surface area contributed by atoms with Gasteiger partial charge in [0.2, 0.25) is 0 Å². The van der Waals surface area contributed by atoms with Crippen LogP contribution < -0.4 is 4.74 Å². The third-order valence-corrected chi connectivity index (χ3v) is 4.07. The van der Waals surface area contributed by atoms with Crippen molar-refractivity contribution in [1.29, 1.82) is 5.26 Å². The predicted molar refractivity (Wildman–Crippen MR) is 102 cm³/mol. The lowest BCUT2D eigenvalue weighted by atomic mass is 10.0. The van der Waals surface area contributed by atoms with Crippen molar-refractivity contribution in [2.75, 3.05) is 0 Å². The molecule has 0 aromatic heterocycles. The Bertz CT molecular complexity index is 926. The van der Waals surface area contributed by atoms with E-state index < -0.39 is 0 Å². The molecule has 25 heavy (non-hydrogen) atoms. The summed E-state index contributed by atoms with van der Waals surface area (Å²) in [6.07, 6.45) is 1.81. The van der Waals surface area contributed by atoms with Gasteiger partial charge in [0.1, 0.15) is 12.4 Å². The van der Waals surface area contributed by atoms with Crippen molar-refractivity contribution in [1.82, 2.24) is 0 Å². The molecule has 3 aromatic carbocycles. The Morgan fingerprint density at radius 1 is 0.920 bits per heavy atom. The van der Waals surface area contributed by atoms with Crippen LogP contribution in [-0.2, 0) is 6.61 Å². The lowest BCUT2D eigenvalue weighted by Crippen LogP contribution is -1.96. The first kappa shape index (κ1) is 16.8. The average Bonchev–Trinajstić information content (AvgIpc) is 2.67. The molecule has 0 fully saturated rings. The zero-order chi connectivity index (χ0) is 17.5. The third-order valence-electron chi connectivity index (χ3n) is 3.74. The normalized spacial score (nSPS) is 11.0. The standard InChI is InChI=1S/C22H16ClNO/c23-21-12-6-5-11-20(21)19(15-24)14-18-10-4-7-13-22(18)25-16-17-8-2-1-3-9-17/h1-14H,16H2. The van der Waals surface area contributed by atoms with E-state index in [-0.39, 0.29) is 0 Å². The SMILES string of the molecule is N#CC(=Cc1ccccc1OCc1ccccc1)c1ccccc1Cl. The topological polar surface area (TPSA) is 33.0 Å². The largest absolute Gasteiger partial charge is 0.488 e. The predicted octanol–water partition coefficient (Wildman–Crippen LogP) is 5.98. The summed E-state index contributed by atoms with van der Waals surface area (Å²) in [7, 11) is 0. The zero-order valence-corrected chi connectivity index (χ0v) is 14.3. The number of nitrogens with zero attached hydrogens (tertiary/aromatic N) is 1. The molecule has 0 aliphatic rings. The third kappa shape index (κ3) is 4.29. The first-order chi connectivity index (χ1) is 12.3. The van der Waals surface area contributed by atoms with E-state index in [4.69, 9.17) is 16.3 Å². The van der Waals surface area contributed by atoms with E-state index in [2.05, 4.69) is 6.07 Å². The van der Waals surface area contributed by atoms with Gasteiger partial charge in [0, 0.05) is 16.1 Å². The van der Waals surface area contributed by atoms with Crippen molar-refractivity contribution in [3.63, 3.8) is 0 Å². The van der Waals surface area contributed by atoms with Crippen LogP contribution in [0.5, 0.6) is 5.75 Å². The fourth-order valence-electron chi connectivity index (χ4n) is 2.47. The molecule has 0 saturated carbocycles. The van der Waals surface area contributed by atoms with Crippen molar-refractivity contribution >= 4 is 23.3 Å². The minimum absolute atomic E-state index is 0.472. The smallest absolute Gasteiger partial charge is 0.127 e. The number of nitriles is 1. The molecule has 3 rings (SSSR count). The highest BCUT2D eigenvalue weighted by molar-refractivity contribution is 6.32. The van der Waals surface area contributed by atoms with Crippen LogP contribution in [0.3, 0.4) is 0 Å². The van der Waals surface area contributed by atoms with E-state index in [1.54, 1.807) is 6.07 Å². The fraction of sp³-hybridized carbons (Fsp3) is 0.0455. The quantitative estimate of drug-likeness (QED) is 0.420. The van der Waals surface area contributed by atoms with E-state index in [0.717, 1.165) is 16.9 Å². The van der Waals surface area contributed by atoms with Gasteiger partial charge < -0.3 is 4.74 Å². The van der Waals surface area contributed by atoms with E-state index in [9.17, 15) is 5.26 Å². The Morgan fingerprint density at radius 3 is 2.36 bits per heavy atom. The maximum atomic E-state index is 9.55. The number of hydrogen-bond donors (Lipinski definition) is 0. The highest BCUT2D eigenvalue weighted by Crippen LogP contribution is 2.28. The number of ether oxygens (including phenoxy) is 1. The van der Waals surface area contributed by atoms with Gasteiger partial charge in [0.25, 0.3) is 0 Å². The first-order valence-corrected chi connectivity index (χ1v) is 8.28. The van der Waals surface area contributed by atoms with E-state index in [1.807, 2.05) is 78.9 Å². The second-order valence-electron chi connectivity index (χ2n) is 5.46. The maximum Gasteiger partial charge on any atom is 0.127 e. The number of rotatable bonds is 5. The number of hydrogen-bond acceptors (Lipinski definition) is 2. The van der Waals surface area contributed by atoms with Crippen molar-refractivity contribution in [3.8, 4) is 11.8 Å². The Hall–Kier alpha value is -3.02. The zero-order valence-electron chi connectivity index (χ0n) is 13.5. The van der Waals surface area contributed by atoms with Crippen LogP contribution in [0.25, 0.3) is 11.6 Å². The van der Waals surface area contributed by atoms with Gasteiger partial charge in [0.05, 0.1) is 11.6 Å². The minimum Gasteiger partial charge on any atom is -0.488 e. The maximum absolute atomic E-state index is 9.55. The molecular weight excluding hydrogens is 330 g/mol. The Labute approximate surface area is 152 Å². The Kier molecular flexibility index (Phi) is 5.51. The Balaban J connectivity index is 1.90. The summed E-state index contributed by atoms with van der Waals surface area (Å²) in [4.78, 5) is 0. The van der Waals surface area contributed by atoms with Gasteiger partial charge in [-0.05, 0) is 23.8 Å². The lowest BCUT2D eigenvalue weighted by molar-refractivity contribution is 0.305. The monoisotopic (exact) mass is 345 g/mol. The molecule has 0 amide bonds. The van der Waals surface area contributed by atoms with Crippen molar-refractivity contribution < 1.29 is 4.74 Å². The molecule has 0 spiro atoms.